The Bertz CT molecular complexity index is 2800. The third kappa shape index (κ3) is 15.2. The van der Waals surface area contributed by atoms with Gasteiger partial charge in [0.2, 0.25) is 17.7 Å². The lowest BCUT2D eigenvalue weighted by Crippen LogP contribution is -2.59. The highest BCUT2D eigenvalue weighted by molar-refractivity contribution is 8.00. The number of carbonyl (C=O) groups is 6. The standard InChI is InChI=1S/C64H70N4O9S2/c1-61(2,3)77-56(71)40-39-53(65-55(70)44-52(69)38-24-25-43-78-63(46-26-12-6-13-27-46,47-28-14-7-15-29-47)48-30-16-8-17-31-48)57(72)66-54(58(73)67-62(41-42-62)59(74)68(4)60(75)76-5)45-79-64(49-32-18-9-19-33-49,50-34-20-10-21-35-50)51-36-22-11-23-37-51/h6-24,26-38,52-54,69H,25,39-45H2,1-5H3,(H,65,70)(H,66,72)(H,67,73)/b38-24+/t52-,53-,54-/m1/s1. The van der Waals surface area contributed by atoms with Crippen molar-refractivity contribution in [1.29, 1.82) is 0 Å². The number of benzene rings is 6. The van der Waals surface area contributed by atoms with Gasteiger partial charge in [0.05, 0.1) is 29.1 Å². The number of imide groups is 1. The third-order valence-corrected chi connectivity index (χ3v) is 16.7. The molecule has 412 valence electrons. The second-order valence-corrected chi connectivity index (χ2v) is 23.0. The molecule has 0 heterocycles. The van der Waals surface area contributed by atoms with Crippen molar-refractivity contribution < 1.29 is 43.3 Å². The molecule has 3 atom stereocenters. The molecule has 0 radical (unpaired) electrons. The number of amides is 5. The largest absolute Gasteiger partial charge is 0.460 e. The van der Waals surface area contributed by atoms with Gasteiger partial charge < -0.3 is 30.5 Å². The van der Waals surface area contributed by atoms with Crippen LogP contribution in [0.3, 0.4) is 0 Å². The molecule has 15 heteroatoms. The van der Waals surface area contributed by atoms with Crippen molar-refractivity contribution in [3.05, 3.63) is 228 Å². The number of ether oxygens (including phenoxy) is 2. The lowest BCUT2D eigenvalue weighted by Gasteiger charge is -2.37. The molecule has 4 N–H and O–H groups in total. The maximum atomic E-state index is 14.8. The van der Waals surface area contributed by atoms with Crippen molar-refractivity contribution in [2.75, 3.05) is 25.7 Å². The summed E-state index contributed by atoms with van der Waals surface area (Å²) in [6.07, 6.45) is 1.41. The Hall–Kier alpha value is -7.46. The van der Waals surface area contributed by atoms with Crippen molar-refractivity contribution in [2.45, 2.75) is 98.1 Å². The summed E-state index contributed by atoms with van der Waals surface area (Å²) in [6.45, 7) is 5.16. The van der Waals surface area contributed by atoms with Crippen LogP contribution in [-0.2, 0) is 42.9 Å². The SMILES string of the molecule is COC(=O)N(C)C(=O)C1(NC(=O)[C@@H](CSC(c2ccccc2)(c2ccccc2)c2ccccc2)NC(=O)[C@@H](CCC(=O)OC(C)(C)C)NC(=O)C[C@H](O)/C=C/CCSC(c2ccccc2)(c2ccccc2)c2ccccc2)CC1. The predicted octanol–water partition coefficient (Wildman–Crippen LogP) is 10.1. The Kier molecular flexibility index (Phi) is 20.5. The maximum Gasteiger partial charge on any atom is 0.416 e. The molecule has 1 saturated carbocycles. The molecule has 1 aliphatic carbocycles. The molecule has 0 bridgehead atoms. The number of aliphatic hydroxyl groups is 1. The molecule has 0 unspecified atom stereocenters. The molecule has 1 aliphatic rings. The number of aliphatic hydroxyl groups excluding tert-OH is 1. The molecule has 0 aromatic heterocycles. The molecular formula is C64H70N4O9S2. The van der Waals surface area contributed by atoms with Gasteiger partial charge in [-0.05, 0) is 85.6 Å². The first-order chi connectivity index (χ1) is 38.0. The minimum Gasteiger partial charge on any atom is -0.460 e. The summed E-state index contributed by atoms with van der Waals surface area (Å²) in [5.74, 6) is -2.86. The molecular weight excluding hydrogens is 1030 g/mol. The van der Waals surface area contributed by atoms with Gasteiger partial charge in [0.25, 0.3) is 5.91 Å². The summed E-state index contributed by atoms with van der Waals surface area (Å²) in [5, 5.41) is 19.8. The van der Waals surface area contributed by atoms with Crippen LogP contribution in [-0.4, -0.2) is 101 Å². The van der Waals surface area contributed by atoms with Crippen molar-refractivity contribution >= 4 is 59.2 Å². The number of carbonyl (C=O) groups excluding carboxylic acids is 6. The van der Waals surface area contributed by atoms with Crippen LogP contribution >= 0.6 is 23.5 Å². The van der Waals surface area contributed by atoms with Gasteiger partial charge in [0, 0.05) is 19.2 Å². The first-order valence-corrected chi connectivity index (χ1v) is 28.4. The van der Waals surface area contributed by atoms with Crippen LogP contribution in [0.25, 0.3) is 0 Å². The number of methoxy groups -OCH3 is 1. The second kappa shape index (κ2) is 27.4. The fourth-order valence-corrected chi connectivity index (χ4v) is 12.6. The Morgan fingerprint density at radius 3 is 1.43 bits per heavy atom. The number of thioether (sulfide) groups is 2. The van der Waals surface area contributed by atoms with Crippen molar-refractivity contribution in [1.82, 2.24) is 20.9 Å². The first kappa shape index (κ1) is 59.2. The Balaban J connectivity index is 1.12. The first-order valence-electron chi connectivity index (χ1n) is 26.5. The number of nitrogens with one attached hydrogen (secondary N) is 3. The zero-order valence-corrected chi connectivity index (χ0v) is 47.0. The van der Waals surface area contributed by atoms with Crippen molar-refractivity contribution in [2.24, 2.45) is 0 Å². The van der Waals surface area contributed by atoms with E-state index in [9.17, 15) is 33.9 Å². The minimum absolute atomic E-state index is 0.0644. The van der Waals surface area contributed by atoms with Gasteiger partial charge in [0.1, 0.15) is 23.2 Å². The molecule has 0 saturated heterocycles. The van der Waals surface area contributed by atoms with Crippen LogP contribution in [0.5, 0.6) is 0 Å². The summed E-state index contributed by atoms with van der Waals surface area (Å²) in [6, 6.07) is 57.7. The van der Waals surface area contributed by atoms with E-state index in [-0.39, 0.29) is 31.4 Å². The fraction of sp³-hybridized carbons (Fsp3) is 0.312. The normalized spacial score (nSPS) is 14.2. The van der Waals surface area contributed by atoms with E-state index in [2.05, 4.69) is 52.3 Å². The monoisotopic (exact) mass is 1100 g/mol. The van der Waals surface area contributed by atoms with E-state index in [1.165, 1.54) is 18.8 Å². The second-order valence-electron chi connectivity index (χ2n) is 20.4. The zero-order chi connectivity index (χ0) is 56.5. The molecule has 6 aromatic carbocycles. The minimum atomic E-state index is -1.44. The van der Waals surface area contributed by atoms with E-state index in [0.29, 0.717) is 12.2 Å². The van der Waals surface area contributed by atoms with Gasteiger partial charge in [-0.2, -0.15) is 0 Å². The smallest absolute Gasteiger partial charge is 0.416 e. The molecule has 7 rings (SSSR count). The van der Waals surface area contributed by atoms with E-state index < -0.39 is 80.9 Å². The van der Waals surface area contributed by atoms with E-state index in [0.717, 1.165) is 45.4 Å². The molecule has 0 spiro atoms. The Labute approximate surface area is 472 Å². The lowest BCUT2D eigenvalue weighted by atomic mass is 9.84. The topological polar surface area (TPSA) is 180 Å². The van der Waals surface area contributed by atoms with Crippen LogP contribution in [0.4, 0.5) is 4.79 Å². The van der Waals surface area contributed by atoms with Gasteiger partial charge in [-0.3, -0.25) is 24.0 Å². The molecule has 5 amide bonds. The average Bonchev–Trinajstić information content (AvgIpc) is 4.29. The molecule has 6 aromatic rings. The van der Waals surface area contributed by atoms with Gasteiger partial charge in [0.15, 0.2) is 0 Å². The van der Waals surface area contributed by atoms with Crippen molar-refractivity contribution in [3.8, 4) is 0 Å². The molecule has 0 aliphatic heterocycles. The Morgan fingerprint density at radius 2 is 1.04 bits per heavy atom. The number of rotatable bonds is 25. The van der Waals surface area contributed by atoms with Crippen molar-refractivity contribution in [3.63, 3.8) is 0 Å². The number of likely N-dealkylation sites (N-methyl/N-ethyl adjacent to an activating group) is 1. The lowest BCUT2D eigenvalue weighted by molar-refractivity contribution is -0.155. The van der Waals surface area contributed by atoms with E-state index in [4.69, 9.17) is 9.47 Å². The zero-order valence-electron chi connectivity index (χ0n) is 45.3. The summed E-state index contributed by atoms with van der Waals surface area (Å²) in [5.41, 5.74) is 3.78. The number of nitrogens with zero attached hydrogens (tertiary/aromatic N) is 1. The highest BCUT2D eigenvalue weighted by Gasteiger charge is 2.54. The van der Waals surface area contributed by atoms with Crippen LogP contribution in [0.1, 0.15) is 92.7 Å². The van der Waals surface area contributed by atoms with Gasteiger partial charge in [-0.1, -0.05) is 194 Å². The van der Waals surface area contributed by atoms with E-state index >= 15 is 0 Å². The van der Waals surface area contributed by atoms with Crippen LogP contribution < -0.4 is 16.0 Å². The van der Waals surface area contributed by atoms with Crippen LogP contribution in [0.15, 0.2) is 194 Å². The van der Waals surface area contributed by atoms with Gasteiger partial charge >= 0.3 is 12.1 Å². The van der Waals surface area contributed by atoms with Crippen LogP contribution in [0.2, 0.25) is 0 Å². The summed E-state index contributed by atoms with van der Waals surface area (Å²) < 4.78 is 8.91. The number of hydrogen-bond acceptors (Lipinski definition) is 11. The summed E-state index contributed by atoms with van der Waals surface area (Å²) >= 11 is 3.17. The van der Waals surface area contributed by atoms with Crippen LogP contribution in [0, 0.1) is 0 Å². The van der Waals surface area contributed by atoms with E-state index in [1.807, 2.05) is 152 Å². The van der Waals surface area contributed by atoms with Gasteiger partial charge in [-0.25, -0.2) is 9.69 Å². The fourth-order valence-electron chi connectivity index (χ4n) is 9.55. The number of allylic oxidation sites excluding steroid dienone is 1. The third-order valence-electron chi connectivity index (χ3n) is 13.5. The molecule has 1 fully saturated rings. The highest BCUT2D eigenvalue weighted by atomic mass is 32.2. The molecule has 13 nitrogen and oxygen atoms in total. The number of hydrogen-bond donors (Lipinski definition) is 4. The molecule has 79 heavy (non-hydrogen) atoms. The average molecular weight is 1100 g/mol. The summed E-state index contributed by atoms with van der Waals surface area (Å²) in [4.78, 5) is 83.8. The highest BCUT2D eigenvalue weighted by Crippen LogP contribution is 2.50. The Morgan fingerprint density at radius 1 is 0.620 bits per heavy atom. The quantitative estimate of drug-likeness (QED) is 0.0185. The van der Waals surface area contributed by atoms with Gasteiger partial charge in [-0.15, -0.1) is 23.5 Å². The van der Waals surface area contributed by atoms with E-state index in [1.54, 1.807) is 38.6 Å². The summed E-state index contributed by atoms with van der Waals surface area (Å²) in [7, 11) is 2.42. The number of esters is 1. The predicted molar refractivity (Wildman–Crippen MR) is 312 cm³/mol. The maximum absolute atomic E-state index is 14.8.